The minimum absolute atomic E-state index is 0.0780. The molecule has 1 N–H and O–H groups in total. The molecular formula is C20H19N5O. The monoisotopic (exact) mass is 345 g/mol. The molecule has 1 aliphatic rings. The summed E-state index contributed by atoms with van der Waals surface area (Å²) in [5, 5.41) is 11.4. The number of fused-ring (bicyclic) bond motifs is 1. The van der Waals surface area contributed by atoms with Crippen LogP contribution in [0.1, 0.15) is 27.2 Å². The van der Waals surface area contributed by atoms with Crippen LogP contribution in [0.3, 0.4) is 0 Å². The zero-order valence-electron chi connectivity index (χ0n) is 14.3. The molecule has 0 radical (unpaired) electrons. The van der Waals surface area contributed by atoms with E-state index in [2.05, 4.69) is 32.6 Å². The summed E-state index contributed by atoms with van der Waals surface area (Å²) in [4.78, 5) is 18.6. The van der Waals surface area contributed by atoms with Crippen molar-refractivity contribution in [2.75, 3.05) is 11.9 Å². The summed E-state index contributed by atoms with van der Waals surface area (Å²) in [6.45, 7) is 1.94. The van der Waals surface area contributed by atoms with Crippen molar-refractivity contribution in [3.63, 3.8) is 0 Å². The molecule has 0 saturated heterocycles. The molecule has 0 atom stereocenters. The van der Waals surface area contributed by atoms with Gasteiger partial charge in [-0.05, 0) is 41.3 Å². The van der Waals surface area contributed by atoms with Crippen LogP contribution in [0.4, 0.5) is 5.82 Å². The van der Waals surface area contributed by atoms with E-state index in [0.29, 0.717) is 31.1 Å². The van der Waals surface area contributed by atoms with E-state index in [1.165, 1.54) is 11.1 Å². The molecule has 3 aromatic rings. The van der Waals surface area contributed by atoms with Gasteiger partial charge >= 0.3 is 0 Å². The summed E-state index contributed by atoms with van der Waals surface area (Å²) in [6.07, 6.45) is 4.41. The van der Waals surface area contributed by atoms with Gasteiger partial charge < -0.3 is 10.2 Å². The average molecular weight is 345 g/mol. The van der Waals surface area contributed by atoms with Crippen LogP contribution in [0, 0.1) is 0 Å². The second-order valence-electron chi connectivity index (χ2n) is 6.26. The predicted molar refractivity (Wildman–Crippen MR) is 98.5 cm³/mol. The van der Waals surface area contributed by atoms with E-state index >= 15 is 0 Å². The Balaban J connectivity index is 1.40. The molecule has 3 heterocycles. The number of nitrogens with one attached hydrogen (secondary N) is 1. The Morgan fingerprint density at radius 1 is 1.04 bits per heavy atom. The number of aromatic nitrogens is 3. The van der Waals surface area contributed by atoms with E-state index in [0.717, 1.165) is 12.0 Å². The fraction of sp³-hybridized carbons (Fsp3) is 0.200. The van der Waals surface area contributed by atoms with Crippen LogP contribution in [0.2, 0.25) is 0 Å². The van der Waals surface area contributed by atoms with Gasteiger partial charge in [-0.25, -0.2) is 0 Å². The number of pyridine rings is 1. The maximum atomic E-state index is 12.7. The maximum absolute atomic E-state index is 12.7. The fourth-order valence-corrected chi connectivity index (χ4v) is 3.07. The van der Waals surface area contributed by atoms with Crippen LogP contribution >= 0.6 is 0 Å². The minimum atomic E-state index is -0.0780. The van der Waals surface area contributed by atoms with Gasteiger partial charge in [-0.3, -0.25) is 9.78 Å². The van der Waals surface area contributed by atoms with Gasteiger partial charge in [0.2, 0.25) is 0 Å². The van der Waals surface area contributed by atoms with E-state index in [1.54, 1.807) is 24.5 Å². The highest BCUT2D eigenvalue weighted by molar-refractivity contribution is 5.92. The van der Waals surface area contributed by atoms with Gasteiger partial charge in [0, 0.05) is 32.0 Å². The van der Waals surface area contributed by atoms with Crippen molar-refractivity contribution in [3.8, 4) is 0 Å². The van der Waals surface area contributed by atoms with Crippen LogP contribution in [0.15, 0.2) is 60.9 Å². The first kappa shape index (κ1) is 16.2. The van der Waals surface area contributed by atoms with Crippen LogP contribution in [0.5, 0.6) is 0 Å². The van der Waals surface area contributed by atoms with Crippen molar-refractivity contribution in [2.24, 2.45) is 0 Å². The lowest BCUT2D eigenvalue weighted by molar-refractivity contribution is 0.0727. The molecule has 4 rings (SSSR count). The molecule has 0 unspecified atom stereocenters. The molecule has 1 amide bonds. The first-order chi connectivity index (χ1) is 12.8. The first-order valence-electron chi connectivity index (χ1n) is 8.62. The zero-order valence-corrected chi connectivity index (χ0v) is 14.3. The Bertz CT molecular complexity index is 896. The molecule has 1 aliphatic heterocycles. The summed E-state index contributed by atoms with van der Waals surface area (Å²) in [7, 11) is 0. The third kappa shape index (κ3) is 3.54. The van der Waals surface area contributed by atoms with Crippen molar-refractivity contribution < 1.29 is 4.79 Å². The molecule has 0 bridgehead atoms. The molecule has 26 heavy (non-hydrogen) atoms. The highest BCUT2D eigenvalue weighted by Gasteiger charge is 2.22. The second-order valence-corrected chi connectivity index (χ2v) is 6.26. The van der Waals surface area contributed by atoms with Gasteiger partial charge in [0.1, 0.15) is 5.82 Å². The van der Waals surface area contributed by atoms with Crippen LogP contribution in [0.25, 0.3) is 0 Å². The Hall–Kier alpha value is -3.28. The highest BCUT2D eigenvalue weighted by atomic mass is 16.2. The largest absolute Gasteiger partial charge is 0.364 e. The van der Waals surface area contributed by atoms with Crippen LogP contribution in [-0.4, -0.2) is 32.5 Å². The van der Waals surface area contributed by atoms with E-state index in [9.17, 15) is 4.79 Å². The van der Waals surface area contributed by atoms with Crippen molar-refractivity contribution in [3.05, 3.63) is 83.3 Å². The Morgan fingerprint density at radius 3 is 2.69 bits per heavy atom. The summed E-state index contributed by atoms with van der Waals surface area (Å²) in [5.74, 6) is 0.556. The van der Waals surface area contributed by atoms with Crippen molar-refractivity contribution >= 4 is 11.7 Å². The molecular weight excluding hydrogens is 326 g/mol. The lowest BCUT2D eigenvalue weighted by Crippen LogP contribution is -2.36. The number of hydrogen-bond acceptors (Lipinski definition) is 5. The SMILES string of the molecule is O=C(c1ccc(NCc2cccnc2)nn1)N1CCc2ccccc2C1. The van der Waals surface area contributed by atoms with Crippen molar-refractivity contribution in [1.82, 2.24) is 20.1 Å². The molecule has 6 nitrogen and oxygen atoms in total. The quantitative estimate of drug-likeness (QED) is 0.787. The molecule has 2 aromatic heterocycles. The van der Waals surface area contributed by atoms with E-state index in [1.807, 2.05) is 29.2 Å². The smallest absolute Gasteiger partial charge is 0.274 e. The second kappa shape index (κ2) is 7.31. The number of carbonyl (C=O) groups excluding carboxylic acids is 1. The molecule has 0 fully saturated rings. The number of anilines is 1. The van der Waals surface area contributed by atoms with Gasteiger partial charge in [0.05, 0.1) is 0 Å². The van der Waals surface area contributed by atoms with E-state index in [-0.39, 0.29) is 5.91 Å². The minimum Gasteiger partial charge on any atom is -0.364 e. The van der Waals surface area contributed by atoms with Crippen LogP contribution < -0.4 is 5.32 Å². The van der Waals surface area contributed by atoms with Gasteiger partial charge in [0.25, 0.3) is 5.91 Å². The fourth-order valence-electron chi connectivity index (χ4n) is 3.07. The Labute approximate surface area is 151 Å². The standard InChI is InChI=1S/C20H19N5O/c26-20(25-11-9-16-5-1-2-6-17(16)14-25)18-7-8-19(24-23-18)22-13-15-4-3-10-21-12-15/h1-8,10,12H,9,11,13-14H2,(H,22,24). The zero-order chi connectivity index (χ0) is 17.8. The van der Waals surface area contributed by atoms with Crippen LogP contribution in [-0.2, 0) is 19.5 Å². The lowest BCUT2D eigenvalue weighted by atomic mass is 10.00. The van der Waals surface area contributed by atoms with E-state index < -0.39 is 0 Å². The lowest BCUT2D eigenvalue weighted by Gasteiger charge is -2.28. The predicted octanol–water partition coefficient (Wildman–Crippen LogP) is 2.68. The number of benzene rings is 1. The summed E-state index contributed by atoms with van der Waals surface area (Å²) >= 11 is 0. The molecule has 1 aromatic carbocycles. The third-order valence-electron chi connectivity index (χ3n) is 4.50. The van der Waals surface area contributed by atoms with Gasteiger partial charge in [-0.15, -0.1) is 10.2 Å². The summed E-state index contributed by atoms with van der Waals surface area (Å²) in [5.41, 5.74) is 3.95. The highest BCUT2D eigenvalue weighted by Crippen LogP contribution is 2.20. The third-order valence-corrected chi connectivity index (χ3v) is 4.50. The molecule has 0 spiro atoms. The number of nitrogens with zero attached hydrogens (tertiary/aromatic N) is 4. The number of amides is 1. The van der Waals surface area contributed by atoms with Crippen molar-refractivity contribution in [1.29, 1.82) is 0 Å². The molecule has 0 aliphatic carbocycles. The number of rotatable bonds is 4. The Kier molecular flexibility index (Phi) is 4.55. The number of carbonyl (C=O) groups is 1. The maximum Gasteiger partial charge on any atom is 0.274 e. The normalized spacial score (nSPS) is 13.2. The first-order valence-corrected chi connectivity index (χ1v) is 8.62. The van der Waals surface area contributed by atoms with Crippen molar-refractivity contribution in [2.45, 2.75) is 19.5 Å². The summed E-state index contributed by atoms with van der Waals surface area (Å²) < 4.78 is 0. The molecule has 130 valence electrons. The molecule has 6 heteroatoms. The number of hydrogen-bond donors (Lipinski definition) is 1. The van der Waals surface area contributed by atoms with E-state index in [4.69, 9.17) is 0 Å². The topological polar surface area (TPSA) is 71.0 Å². The Morgan fingerprint density at radius 2 is 1.92 bits per heavy atom. The molecule has 0 saturated carbocycles. The average Bonchev–Trinajstić information content (AvgIpc) is 2.72. The van der Waals surface area contributed by atoms with Gasteiger partial charge in [0.15, 0.2) is 5.69 Å². The van der Waals surface area contributed by atoms with Gasteiger partial charge in [-0.2, -0.15) is 0 Å². The van der Waals surface area contributed by atoms with Gasteiger partial charge in [-0.1, -0.05) is 30.3 Å². The summed E-state index contributed by atoms with van der Waals surface area (Å²) in [6, 6.07) is 15.6.